The molecule has 0 radical (unpaired) electrons. The molecule has 0 fully saturated rings. The Morgan fingerprint density at radius 2 is 1.76 bits per heavy atom. The molecule has 0 aliphatic carbocycles. The maximum atomic E-state index is 12.9. The van der Waals surface area contributed by atoms with Crippen LogP contribution in [0.1, 0.15) is 22.7 Å². The van der Waals surface area contributed by atoms with Gasteiger partial charge in [-0.25, -0.2) is 4.39 Å². The highest BCUT2D eigenvalue weighted by Gasteiger charge is 2.15. The van der Waals surface area contributed by atoms with Crippen molar-refractivity contribution in [2.45, 2.75) is 24.8 Å². The summed E-state index contributed by atoms with van der Waals surface area (Å²) in [6, 6.07) is 12.1. The van der Waals surface area contributed by atoms with E-state index in [-0.39, 0.29) is 11.9 Å². The van der Waals surface area contributed by atoms with Crippen molar-refractivity contribution in [1.29, 1.82) is 0 Å². The Bertz CT molecular complexity index is 640. The first-order valence-electron chi connectivity index (χ1n) is 6.89. The molecule has 2 aromatic rings. The van der Waals surface area contributed by atoms with Gasteiger partial charge in [0.2, 0.25) is 0 Å². The lowest BCUT2D eigenvalue weighted by molar-refractivity contribution is 0.624. The predicted molar refractivity (Wildman–Crippen MR) is 85.4 cm³/mol. The van der Waals surface area contributed by atoms with Crippen molar-refractivity contribution in [1.82, 2.24) is 5.32 Å². The Labute approximate surface area is 127 Å². The van der Waals surface area contributed by atoms with Crippen LogP contribution in [-0.4, -0.2) is 17.0 Å². The van der Waals surface area contributed by atoms with Crippen molar-refractivity contribution in [3.05, 3.63) is 65.0 Å². The van der Waals surface area contributed by atoms with Crippen LogP contribution in [0.4, 0.5) is 4.39 Å². The number of halogens is 1. The van der Waals surface area contributed by atoms with Crippen LogP contribution < -0.4 is 5.32 Å². The summed E-state index contributed by atoms with van der Waals surface area (Å²) in [7, 11) is 0.700. The van der Waals surface area contributed by atoms with Crippen molar-refractivity contribution < 1.29 is 8.60 Å². The second-order valence-electron chi connectivity index (χ2n) is 5.15. The fourth-order valence-corrected chi connectivity index (χ4v) is 3.46. The van der Waals surface area contributed by atoms with E-state index in [1.165, 1.54) is 23.3 Å². The summed E-state index contributed by atoms with van der Waals surface area (Å²) in [4.78, 5) is 0.653. The lowest BCUT2D eigenvalue weighted by Gasteiger charge is -2.17. The third-order valence-corrected chi connectivity index (χ3v) is 5.11. The van der Waals surface area contributed by atoms with E-state index in [4.69, 9.17) is 0 Å². The first kappa shape index (κ1) is 15.9. The smallest absolute Gasteiger partial charge is 0.123 e. The number of rotatable bonds is 5. The number of hydrogen-bond donors (Lipinski definition) is 1. The van der Waals surface area contributed by atoms with Crippen LogP contribution >= 0.6 is 0 Å². The maximum Gasteiger partial charge on any atom is 0.123 e. The van der Waals surface area contributed by atoms with Crippen LogP contribution in [0.15, 0.2) is 47.4 Å². The Balaban J connectivity index is 2.16. The van der Waals surface area contributed by atoms with Crippen molar-refractivity contribution >= 4 is 10.8 Å². The fraction of sp³-hybridized carbons (Fsp3) is 0.294. The third kappa shape index (κ3) is 3.99. The molecule has 4 heteroatoms. The SMILES string of the molecule is CNC(CS(=O)c1ccc(F)cc1)c1ccc(C)c(C)c1. The van der Waals surface area contributed by atoms with E-state index in [0.29, 0.717) is 10.6 Å². The first-order chi connectivity index (χ1) is 10.0. The molecule has 2 nitrogen and oxygen atoms in total. The summed E-state index contributed by atoms with van der Waals surface area (Å²) in [5, 5.41) is 3.21. The van der Waals surface area contributed by atoms with E-state index >= 15 is 0 Å². The topological polar surface area (TPSA) is 29.1 Å². The summed E-state index contributed by atoms with van der Waals surface area (Å²) < 4.78 is 25.3. The molecule has 2 unspecified atom stereocenters. The highest BCUT2D eigenvalue weighted by molar-refractivity contribution is 7.85. The van der Waals surface area contributed by atoms with E-state index in [2.05, 4.69) is 37.4 Å². The van der Waals surface area contributed by atoms with E-state index in [9.17, 15) is 8.60 Å². The van der Waals surface area contributed by atoms with E-state index in [1.54, 1.807) is 12.1 Å². The molecule has 0 amide bonds. The van der Waals surface area contributed by atoms with Crippen molar-refractivity contribution in [2.24, 2.45) is 0 Å². The average Bonchev–Trinajstić information content (AvgIpc) is 2.48. The van der Waals surface area contributed by atoms with Gasteiger partial charge in [0.1, 0.15) is 5.82 Å². The van der Waals surface area contributed by atoms with Gasteiger partial charge in [-0.05, 0) is 61.9 Å². The van der Waals surface area contributed by atoms with Gasteiger partial charge in [0.25, 0.3) is 0 Å². The second kappa shape index (κ2) is 6.96. The molecular formula is C17H20FNOS. The fourth-order valence-electron chi connectivity index (χ4n) is 2.16. The highest BCUT2D eigenvalue weighted by Crippen LogP contribution is 2.20. The largest absolute Gasteiger partial charge is 0.312 e. The summed E-state index contributed by atoms with van der Waals surface area (Å²) in [6.45, 7) is 4.15. The average molecular weight is 305 g/mol. The number of benzene rings is 2. The number of aryl methyl sites for hydroxylation is 2. The minimum atomic E-state index is -1.16. The van der Waals surface area contributed by atoms with Gasteiger partial charge in [0.05, 0.1) is 10.8 Å². The molecule has 0 heterocycles. The van der Waals surface area contributed by atoms with Gasteiger partial charge in [-0.2, -0.15) is 0 Å². The quantitative estimate of drug-likeness (QED) is 0.916. The van der Waals surface area contributed by atoms with Crippen molar-refractivity contribution in [2.75, 3.05) is 12.8 Å². The van der Waals surface area contributed by atoms with Gasteiger partial charge in [0, 0.05) is 16.7 Å². The minimum absolute atomic E-state index is 0.00943. The molecule has 21 heavy (non-hydrogen) atoms. The summed E-state index contributed by atoms with van der Waals surface area (Å²) in [6.07, 6.45) is 0. The molecule has 112 valence electrons. The molecule has 2 aromatic carbocycles. The molecule has 2 rings (SSSR count). The van der Waals surface area contributed by atoms with Gasteiger partial charge < -0.3 is 5.32 Å². The second-order valence-corrected chi connectivity index (χ2v) is 6.65. The van der Waals surface area contributed by atoms with Crippen LogP contribution in [0.25, 0.3) is 0 Å². The number of hydrogen-bond acceptors (Lipinski definition) is 2. The van der Waals surface area contributed by atoms with Crippen LogP contribution in [0.3, 0.4) is 0 Å². The molecule has 0 aliphatic heterocycles. The summed E-state index contributed by atoms with van der Waals surface area (Å²) in [5.41, 5.74) is 3.59. The molecular weight excluding hydrogens is 285 g/mol. The van der Waals surface area contributed by atoms with Gasteiger partial charge in [-0.3, -0.25) is 4.21 Å². The minimum Gasteiger partial charge on any atom is -0.312 e. The van der Waals surface area contributed by atoms with Crippen molar-refractivity contribution in [3.63, 3.8) is 0 Å². The first-order valence-corrected chi connectivity index (χ1v) is 8.21. The van der Waals surface area contributed by atoms with E-state index < -0.39 is 10.8 Å². The van der Waals surface area contributed by atoms with Gasteiger partial charge in [-0.15, -0.1) is 0 Å². The molecule has 0 spiro atoms. The van der Waals surface area contributed by atoms with Crippen LogP contribution in [0.2, 0.25) is 0 Å². The van der Waals surface area contributed by atoms with Gasteiger partial charge in [-0.1, -0.05) is 18.2 Å². The predicted octanol–water partition coefficient (Wildman–Crippen LogP) is 3.51. The van der Waals surface area contributed by atoms with Crippen molar-refractivity contribution in [3.8, 4) is 0 Å². The summed E-state index contributed by atoms with van der Waals surface area (Å²) in [5.74, 6) is 0.153. The lowest BCUT2D eigenvalue weighted by atomic mass is 10.0. The molecule has 1 N–H and O–H groups in total. The zero-order valence-electron chi connectivity index (χ0n) is 12.5. The maximum absolute atomic E-state index is 12.9. The Morgan fingerprint density at radius 3 is 2.33 bits per heavy atom. The van der Waals surface area contributed by atoms with Crippen LogP contribution in [-0.2, 0) is 10.8 Å². The standard InChI is InChI=1S/C17H20FNOS/c1-12-4-5-14(10-13(12)2)17(19-3)11-21(20)16-8-6-15(18)7-9-16/h4-10,17,19H,11H2,1-3H3. The molecule has 0 saturated carbocycles. The Kier molecular flexibility index (Phi) is 5.26. The Morgan fingerprint density at radius 1 is 1.10 bits per heavy atom. The zero-order chi connectivity index (χ0) is 15.4. The number of nitrogens with one attached hydrogen (secondary N) is 1. The van der Waals surface area contributed by atoms with Gasteiger partial charge in [0.15, 0.2) is 0 Å². The van der Waals surface area contributed by atoms with E-state index in [1.807, 2.05) is 7.05 Å². The van der Waals surface area contributed by atoms with Gasteiger partial charge >= 0.3 is 0 Å². The van der Waals surface area contributed by atoms with E-state index in [0.717, 1.165) is 5.56 Å². The zero-order valence-corrected chi connectivity index (χ0v) is 13.3. The lowest BCUT2D eigenvalue weighted by Crippen LogP contribution is -2.23. The Hall–Kier alpha value is -1.52. The molecule has 0 aliphatic rings. The summed E-state index contributed by atoms with van der Waals surface area (Å²) >= 11 is 0. The molecule has 0 aromatic heterocycles. The van der Waals surface area contributed by atoms with Crippen LogP contribution in [0, 0.1) is 19.7 Å². The molecule has 2 atom stereocenters. The molecule has 0 saturated heterocycles. The highest BCUT2D eigenvalue weighted by atomic mass is 32.2. The third-order valence-electron chi connectivity index (χ3n) is 3.68. The van der Waals surface area contributed by atoms with Crippen LogP contribution in [0.5, 0.6) is 0 Å². The molecule has 0 bridgehead atoms. The normalized spacial score (nSPS) is 13.9. The monoisotopic (exact) mass is 305 g/mol.